The van der Waals surface area contributed by atoms with E-state index in [1.807, 2.05) is 6.92 Å². The van der Waals surface area contributed by atoms with Crippen molar-refractivity contribution in [3.05, 3.63) is 16.1 Å². The van der Waals surface area contributed by atoms with Crippen LogP contribution in [0.5, 0.6) is 0 Å². The predicted molar refractivity (Wildman–Crippen MR) is 95.2 cm³/mol. The van der Waals surface area contributed by atoms with E-state index in [0.29, 0.717) is 55.9 Å². The van der Waals surface area contributed by atoms with Gasteiger partial charge in [-0.3, -0.25) is 9.79 Å². The van der Waals surface area contributed by atoms with Crippen LogP contribution in [0.25, 0.3) is 0 Å². The van der Waals surface area contributed by atoms with E-state index in [4.69, 9.17) is 0 Å². The average Bonchev–Trinajstić information content (AvgIpc) is 3.23. The minimum atomic E-state index is -4.40. The molecule has 1 saturated carbocycles. The molecule has 10 heteroatoms. The molecule has 0 unspecified atom stereocenters. The molecule has 0 saturated heterocycles. The summed E-state index contributed by atoms with van der Waals surface area (Å²) in [6.07, 6.45) is -0.779. The molecule has 1 aliphatic rings. The Morgan fingerprint density at radius 1 is 1.38 bits per heavy atom. The Morgan fingerprint density at radius 2 is 2.15 bits per heavy atom. The van der Waals surface area contributed by atoms with Gasteiger partial charge in [0.05, 0.1) is 5.01 Å². The van der Waals surface area contributed by atoms with Crippen molar-refractivity contribution in [3.8, 4) is 0 Å². The fourth-order valence-corrected chi connectivity index (χ4v) is 2.95. The van der Waals surface area contributed by atoms with Gasteiger partial charge in [-0.05, 0) is 26.2 Å². The summed E-state index contributed by atoms with van der Waals surface area (Å²) in [5, 5.41) is 10.5. The first-order valence-electron chi connectivity index (χ1n) is 8.71. The minimum Gasteiger partial charge on any atom is -0.357 e. The van der Waals surface area contributed by atoms with Crippen LogP contribution in [-0.2, 0) is 17.4 Å². The van der Waals surface area contributed by atoms with E-state index >= 15 is 0 Å². The topological polar surface area (TPSA) is 78.4 Å². The molecule has 0 aromatic carbocycles. The number of alkyl halides is 3. The van der Waals surface area contributed by atoms with Gasteiger partial charge in [0.2, 0.25) is 5.91 Å². The SMILES string of the molecule is CCNC(=NCCCC(=O)NC1CC1)NCCc1nc(C(F)(F)F)cs1. The van der Waals surface area contributed by atoms with Crippen molar-refractivity contribution in [2.45, 2.75) is 51.2 Å². The lowest BCUT2D eigenvalue weighted by molar-refractivity contribution is -0.140. The van der Waals surface area contributed by atoms with Crippen molar-refractivity contribution in [2.24, 2.45) is 4.99 Å². The highest BCUT2D eigenvalue weighted by atomic mass is 32.1. The Bertz CT molecular complexity index is 613. The number of hydrogen-bond donors (Lipinski definition) is 3. The van der Waals surface area contributed by atoms with E-state index in [0.717, 1.165) is 29.6 Å². The molecule has 0 aliphatic heterocycles. The molecule has 146 valence electrons. The second-order valence-electron chi connectivity index (χ2n) is 6.01. The van der Waals surface area contributed by atoms with Gasteiger partial charge < -0.3 is 16.0 Å². The van der Waals surface area contributed by atoms with Gasteiger partial charge in [-0.1, -0.05) is 0 Å². The molecular formula is C16H24F3N5OS. The van der Waals surface area contributed by atoms with Gasteiger partial charge in [-0.25, -0.2) is 4.98 Å². The van der Waals surface area contributed by atoms with Crippen LogP contribution in [0.1, 0.15) is 43.3 Å². The van der Waals surface area contributed by atoms with Gasteiger partial charge in [0.15, 0.2) is 11.7 Å². The Hall–Kier alpha value is -1.84. The first-order valence-corrected chi connectivity index (χ1v) is 9.59. The van der Waals surface area contributed by atoms with E-state index in [1.54, 1.807) is 0 Å². The summed E-state index contributed by atoms with van der Waals surface area (Å²) in [5.41, 5.74) is -0.845. The van der Waals surface area contributed by atoms with E-state index in [-0.39, 0.29) is 5.91 Å². The van der Waals surface area contributed by atoms with Crippen LogP contribution in [0.2, 0.25) is 0 Å². The normalized spacial score (nSPS) is 15.0. The largest absolute Gasteiger partial charge is 0.434 e. The maximum atomic E-state index is 12.5. The third kappa shape index (κ3) is 7.59. The number of nitrogens with zero attached hydrogens (tertiary/aromatic N) is 2. The number of rotatable bonds is 9. The number of carbonyl (C=O) groups is 1. The summed E-state index contributed by atoms with van der Waals surface area (Å²) in [6, 6.07) is 0.369. The Balaban J connectivity index is 1.69. The number of nitrogens with one attached hydrogen (secondary N) is 3. The van der Waals surface area contributed by atoms with Gasteiger partial charge >= 0.3 is 6.18 Å². The van der Waals surface area contributed by atoms with Gasteiger partial charge in [-0.15, -0.1) is 11.3 Å². The highest BCUT2D eigenvalue weighted by molar-refractivity contribution is 7.09. The van der Waals surface area contributed by atoms with Crippen molar-refractivity contribution in [2.75, 3.05) is 19.6 Å². The molecule has 2 rings (SSSR count). The number of guanidine groups is 1. The molecule has 1 amide bonds. The molecule has 1 aromatic heterocycles. The Kier molecular flexibility index (Phi) is 7.67. The maximum Gasteiger partial charge on any atom is 0.434 e. The smallest absolute Gasteiger partial charge is 0.357 e. The molecule has 1 heterocycles. The molecule has 3 N–H and O–H groups in total. The standard InChI is InChI=1S/C16H24F3N5OS/c1-2-20-15(21-8-3-4-13(25)23-11-5-6-11)22-9-7-14-24-12(10-26-14)16(17,18)19/h10-11H,2-9H2,1H3,(H,23,25)(H2,20,21,22). The third-order valence-corrected chi connectivity index (χ3v) is 4.50. The monoisotopic (exact) mass is 391 g/mol. The number of carbonyl (C=O) groups excluding carboxylic acids is 1. The Labute approximate surface area is 154 Å². The summed E-state index contributed by atoms with van der Waals surface area (Å²) in [4.78, 5) is 19.6. The highest BCUT2D eigenvalue weighted by Crippen LogP contribution is 2.29. The minimum absolute atomic E-state index is 0.0601. The number of aliphatic imine (C=N–C) groups is 1. The lowest BCUT2D eigenvalue weighted by Crippen LogP contribution is -2.38. The van der Waals surface area contributed by atoms with Crippen LogP contribution < -0.4 is 16.0 Å². The van der Waals surface area contributed by atoms with E-state index in [9.17, 15) is 18.0 Å². The van der Waals surface area contributed by atoms with Gasteiger partial charge in [0, 0.05) is 43.9 Å². The van der Waals surface area contributed by atoms with Gasteiger partial charge in [0.1, 0.15) is 0 Å². The van der Waals surface area contributed by atoms with Gasteiger partial charge in [-0.2, -0.15) is 13.2 Å². The summed E-state index contributed by atoms with van der Waals surface area (Å²) < 4.78 is 37.6. The van der Waals surface area contributed by atoms with Crippen molar-refractivity contribution >= 4 is 23.2 Å². The summed E-state index contributed by atoms with van der Waals surface area (Å²) in [6.45, 7) is 3.53. The molecular weight excluding hydrogens is 367 g/mol. The fraction of sp³-hybridized carbons (Fsp3) is 0.688. The quantitative estimate of drug-likeness (QED) is 0.343. The maximum absolute atomic E-state index is 12.5. The number of hydrogen-bond acceptors (Lipinski definition) is 4. The van der Waals surface area contributed by atoms with Crippen LogP contribution in [0.4, 0.5) is 13.2 Å². The van der Waals surface area contributed by atoms with Crippen LogP contribution in [0.15, 0.2) is 10.4 Å². The molecule has 0 bridgehead atoms. The lowest BCUT2D eigenvalue weighted by Gasteiger charge is -2.10. The zero-order chi connectivity index (χ0) is 19.0. The molecule has 1 aliphatic carbocycles. The number of aromatic nitrogens is 1. The first kappa shape index (κ1) is 20.5. The third-order valence-electron chi connectivity index (χ3n) is 3.59. The molecule has 26 heavy (non-hydrogen) atoms. The van der Waals surface area contributed by atoms with Crippen LogP contribution in [-0.4, -0.2) is 42.5 Å². The van der Waals surface area contributed by atoms with Crippen LogP contribution >= 0.6 is 11.3 Å². The molecule has 1 fully saturated rings. The van der Waals surface area contributed by atoms with E-state index in [2.05, 4.69) is 25.9 Å². The molecule has 0 atom stereocenters. The Morgan fingerprint density at radius 3 is 2.77 bits per heavy atom. The number of thiazole rings is 1. The van der Waals surface area contributed by atoms with Crippen molar-refractivity contribution in [3.63, 3.8) is 0 Å². The van der Waals surface area contributed by atoms with Crippen molar-refractivity contribution in [1.29, 1.82) is 0 Å². The summed E-state index contributed by atoms with van der Waals surface area (Å²) in [7, 11) is 0. The predicted octanol–water partition coefficient (Wildman–Crippen LogP) is 2.32. The fourth-order valence-electron chi connectivity index (χ4n) is 2.14. The molecule has 0 radical (unpaired) electrons. The van der Waals surface area contributed by atoms with Gasteiger partial charge in [0.25, 0.3) is 0 Å². The lowest BCUT2D eigenvalue weighted by atomic mass is 10.3. The molecule has 1 aromatic rings. The molecule has 6 nitrogen and oxygen atoms in total. The summed E-state index contributed by atoms with van der Waals surface area (Å²) >= 11 is 1.00. The summed E-state index contributed by atoms with van der Waals surface area (Å²) in [5.74, 6) is 0.646. The van der Waals surface area contributed by atoms with Crippen molar-refractivity contribution < 1.29 is 18.0 Å². The average molecular weight is 391 g/mol. The first-order chi connectivity index (χ1) is 12.4. The zero-order valence-corrected chi connectivity index (χ0v) is 15.5. The van der Waals surface area contributed by atoms with E-state index in [1.165, 1.54) is 0 Å². The second-order valence-corrected chi connectivity index (χ2v) is 6.95. The zero-order valence-electron chi connectivity index (χ0n) is 14.7. The molecule has 0 spiro atoms. The number of halogens is 3. The number of amides is 1. The van der Waals surface area contributed by atoms with Crippen molar-refractivity contribution in [1.82, 2.24) is 20.9 Å². The van der Waals surface area contributed by atoms with Crippen LogP contribution in [0.3, 0.4) is 0 Å². The highest BCUT2D eigenvalue weighted by Gasteiger charge is 2.33. The second kappa shape index (κ2) is 9.75. The van der Waals surface area contributed by atoms with E-state index < -0.39 is 11.9 Å². The van der Waals surface area contributed by atoms with Crippen LogP contribution in [0, 0.1) is 0 Å².